The predicted molar refractivity (Wildman–Crippen MR) is 39.6 cm³/mol. The third-order valence-electron chi connectivity index (χ3n) is 1.00. The van der Waals surface area contributed by atoms with Crippen LogP contribution in [0.2, 0.25) is 0 Å². The fourth-order valence-corrected chi connectivity index (χ4v) is 0.404. The summed E-state index contributed by atoms with van der Waals surface area (Å²) in [6.45, 7) is 1.91. The Kier molecular flexibility index (Phi) is 7.48. The first kappa shape index (κ1) is 11.5. The molecule has 0 bridgehead atoms. The van der Waals surface area contributed by atoms with Gasteiger partial charge in [0.2, 0.25) is 5.91 Å². The Balaban J connectivity index is 0. The van der Waals surface area contributed by atoms with Gasteiger partial charge in [-0.15, -0.1) is 12.4 Å². The van der Waals surface area contributed by atoms with Crippen molar-refractivity contribution in [3.05, 3.63) is 0 Å². The molecule has 0 saturated heterocycles. The molecule has 0 spiro atoms. The predicted octanol–water partition coefficient (Wildman–Crippen LogP) is -0.109. The average molecular weight is 153 g/mol. The maximum absolute atomic E-state index is 10.2. The molecule has 9 heavy (non-hydrogen) atoms. The van der Waals surface area contributed by atoms with Crippen molar-refractivity contribution >= 4 is 18.3 Å². The molecule has 0 heterocycles. The van der Waals surface area contributed by atoms with Crippen LogP contribution in [0.4, 0.5) is 0 Å². The Bertz CT molecular complexity index is 87.0. The van der Waals surface area contributed by atoms with Crippen LogP contribution < -0.4 is 11.1 Å². The summed E-state index contributed by atoms with van der Waals surface area (Å²) in [6, 6.07) is 0.201. The van der Waals surface area contributed by atoms with Crippen LogP contribution in [0.15, 0.2) is 0 Å². The molecule has 0 aromatic heterocycles. The van der Waals surface area contributed by atoms with Crippen molar-refractivity contribution < 1.29 is 4.79 Å². The molecule has 3 N–H and O–H groups in total. The smallest absolute Gasteiger partial charge is 0.218 e. The maximum Gasteiger partial charge on any atom is 0.218 e. The molecular weight excluding hydrogens is 140 g/mol. The molecule has 0 aromatic rings. The summed E-state index contributed by atoms with van der Waals surface area (Å²) < 4.78 is 0. The van der Waals surface area contributed by atoms with Crippen molar-refractivity contribution in [2.24, 2.45) is 5.73 Å². The van der Waals surface area contributed by atoms with Gasteiger partial charge in [0, 0.05) is 12.5 Å². The summed E-state index contributed by atoms with van der Waals surface area (Å²) in [5.74, 6) is -0.258. The minimum atomic E-state index is -0.258. The lowest BCUT2D eigenvalue weighted by atomic mass is 10.2. The SMILES string of the molecule is CNC(C)CC(N)=O.Cl. The first-order valence-electron chi connectivity index (χ1n) is 2.62. The molecule has 0 saturated carbocycles. The van der Waals surface area contributed by atoms with Crippen molar-refractivity contribution in [2.75, 3.05) is 7.05 Å². The molecule has 3 nitrogen and oxygen atoms in total. The molecule has 0 aliphatic carbocycles. The molecule has 0 radical (unpaired) electrons. The Morgan fingerprint density at radius 2 is 2.22 bits per heavy atom. The standard InChI is InChI=1S/C5H12N2O.ClH/c1-4(7-2)3-5(6)8;/h4,7H,3H2,1-2H3,(H2,6,8);1H. The Morgan fingerprint density at radius 1 is 1.78 bits per heavy atom. The number of hydrogen-bond donors (Lipinski definition) is 2. The van der Waals surface area contributed by atoms with Crippen LogP contribution in [-0.4, -0.2) is 19.0 Å². The molecule has 0 rings (SSSR count). The number of amides is 1. The van der Waals surface area contributed by atoms with Crippen LogP contribution in [0.5, 0.6) is 0 Å². The van der Waals surface area contributed by atoms with Crippen LogP contribution >= 0.6 is 12.4 Å². The van der Waals surface area contributed by atoms with E-state index >= 15 is 0 Å². The highest BCUT2D eigenvalue weighted by Crippen LogP contribution is 1.84. The summed E-state index contributed by atoms with van der Waals surface area (Å²) >= 11 is 0. The first-order valence-corrected chi connectivity index (χ1v) is 2.62. The van der Waals surface area contributed by atoms with E-state index in [0.29, 0.717) is 6.42 Å². The van der Waals surface area contributed by atoms with Gasteiger partial charge < -0.3 is 11.1 Å². The average Bonchev–Trinajstić information content (AvgIpc) is 1.65. The van der Waals surface area contributed by atoms with Crippen LogP contribution in [0.3, 0.4) is 0 Å². The summed E-state index contributed by atoms with van der Waals surface area (Å²) in [6.07, 6.45) is 0.413. The van der Waals surface area contributed by atoms with Crippen LogP contribution in [0, 0.1) is 0 Å². The summed E-state index contributed by atoms with van der Waals surface area (Å²) in [5, 5.41) is 2.90. The lowest BCUT2D eigenvalue weighted by Crippen LogP contribution is -2.27. The number of carbonyl (C=O) groups is 1. The van der Waals surface area contributed by atoms with Crippen molar-refractivity contribution in [3.8, 4) is 0 Å². The van der Waals surface area contributed by atoms with Crippen LogP contribution in [-0.2, 0) is 4.79 Å². The molecule has 0 aliphatic heterocycles. The topological polar surface area (TPSA) is 55.1 Å². The van der Waals surface area contributed by atoms with E-state index in [2.05, 4.69) is 5.32 Å². The van der Waals surface area contributed by atoms with Gasteiger partial charge in [0.25, 0.3) is 0 Å². The number of nitrogens with two attached hydrogens (primary N) is 1. The van der Waals surface area contributed by atoms with Gasteiger partial charge in [-0.05, 0) is 14.0 Å². The number of primary amides is 1. The van der Waals surface area contributed by atoms with Gasteiger partial charge in [0.1, 0.15) is 0 Å². The lowest BCUT2D eigenvalue weighted by molar-refractivity contribution is -0.118. The second kappa shape index (κ2) is 5.85. The van der Waals surface area contributed by atoms with Gasteiger partial charge in [0.15, 0.2) is 0 Å². The second-order valence-electron chi connectivity index (χ2n) is 1.86. The molecule has 56 valence electrons. The zero-order chi connectivity index (χ0) is 6.57. The minimum Gasteiger partial charge on any atom is -0.370 e. The van der Waals surface area contributed by atoms with Crippen molar-refractivity contribution in [2.45, 2.75) is 19.4 Å². The molecule has 0 fully saturated rings. The van der Waals surface area contributed by atoms with Gasteiger partial charge >= 0.3 is 0 Å². The molecule has 4 heteroatoms. The van der Waals surface area contributed by atoms with Crippen molar-refractivity contribution in [1.82, 2.24) is 5.32 Å². The maximum atomic E-state index is 10.2. The van der Waals surface area contributed by atoms with Gasteiger partial charge in [-0.1, -0.05) is 0 Å². The van der Waals surface area contributed by atoms with E-state index in [-0.39, 0.29) is 24.4 Å². The number of carbonyl (C=O) groups excluding carboxylic acids is 1. The van der Waals surface area contributed by atoms with Gasteiger partial charge in [-0.2, -0.15) is 0 Å². The fourth-order valence-electron chi connectivity index (χ4n) is 0.404. The largest absolute Gasteiger partial charge is 0.370 e. The molecule has 1 amide bonds. The summed E-state index contributed by atoms with van der Waals surface area (Å²) in [7, 11) is 1.80. The fraction of sp³-hybridized carbons (Fsp3) is 0.800. The zero-order valence-electron chi connectivity index (χ0n) is 5.68. The number of hydrogen-bond acceptors (Lipinski definition) is 2. The Morgan fingerprint density at radius 3 is 2.33 bits per heavy atom. The Hall–Kier alpha value is -0.280. The molecule has 1 unspecified atom stereocenters. The van der Waals surface area contributed by atoms with Gasteiger partial charge in [-0.3, -0.25) is 4.79 Å². The minimum absolute atomic E-state index is 0. The lowest BCUT2D eigenvalue weighted by Gasteiger charge is -2.04. The van der Waals surface area contributed by atoms with Crippen molar-refractivity contribution in [1.29, 1.82) is 0 Å². The van der Waals surface area contributed by atoms with E-state index < -0.39 is 0 Å². The quantitative estimate of drug-likeness (QED) is 0.593. The monoisotopic (exact) mass is 152 g/mol. The molecule has 1 atom stereocenters. The van der Waals surface area contributed by atoms with E-state index in [0.717, 1.165) is 0 Å². The highest BCUT2D eigenvalue weighted by atomic mass is 35.5. The third kappa shape index (κ3) is 7.72. The van der Waals surface area contributed by atoms with E-state index in [1.54, 1.807) is 7.05 Å². The Labute approximate surface area is 61.4 Å². The van der Waals surface area contributed by atoms with E-state index in [9.17, 15) is 4.79 Å². The van der Waals surface area contributed by atoms with Crippen LogP contribution in [0.1, 0.15) is 13.3 Å². The van der Waals surface area contributed by atoms with E-state index in [1.165, 1.54) is 0 Å². The molecule has 0 aromatic carbocycles. The number of rotatable bonds is 3. The summed E-state index contributed by atoms with van der Waals surface area (Å²) in [4.78, 5) is 10.2. The van der Waals surface area contributed by atoms with Gasteiger partial charge in [-0.25, -0.2) is 0 Å². The third-order valence-corrected chi connectivity index (χ3v) is 1.00. The highest BCUT2D eigenvalue weighted by molar-refractivity contribution is 5.85. The first-order chi connectivity index (χ1) is 3.66. The number of halogens is 1. The van der Waals surface area contributed by atoms with Gasteiger partial charge in [0.05, 0.1) is 0 Å². The molecule has 0 aliphatic rings. The summed E-state index contributed by atoms with van der Waals surface area (Å²) in [5.41, 5.74) is 4.89. The second-order valence-corrected chi connectivity index (χ2v) is 1.86. The van der Waals surface area contributed by atoms with E-state index in [4.69, 9.17) is 5.73 Å². The van der Waals surface area contributed by atoms with Crippen molar-refractivity contribution in [3.63, 3.8) is 0 Å². The normalized spacial score (nSPS) is 11.8. The zero-order valence-corrected chi connectivity index (χ0v) is 6.49. The highest BCUT2D eigenvalue weighted by Gasteiger charge is 2.00. The molecular formula is C5H13ClN2O. The van der Waals surface area contributed by atoms with Crippen LogP contribution in [0.25, 0.3) is 0 Å². The van der Waals surface area contributed by atoms with E-state index in [1.807, 2.05) is 6.92 Å². The number of nitrogens with one attached hydrogen (secondary N) is 1.